The van der Waals surface area contributed by atoms with Crippen LogP contribution in [0.1, 0.15) is 51.7 Å². The summed E-state index contributed by atoms with van der Waals surface area (Å²) in [6, 6.07) is 8.52. The zero-order valence-electron chi connectivity index (χ0n) is 11.8. The first-order chi connectivity index (χ1) is 7.99. The van der Waals surface area contributed by atoms with Gasteiger partial charge in [0.1, 0.15) is 0 Å². The van der Waals surface area contributed by atoms with Crippen molar-refractivity contribution >= 4 is 0 Å². The molecule has 0 aliphatic heterocycles. The molecule has 1 fully saturated rings. The largest absolute Gasteiger partial charge is 0.321 e. The molecule has 1 aliphatic carbocycles. The third-order valence-corrected chi connectivity index (χ3v) is 3.55. The van der Waals surface area contributed by atoms with Crippen LogP contribution in [0.3, 0.4) is 0 Å². The van der Waals surface area contributed by atoms with Crippen molar-refractivity contribution in [3.63, 3.8) is 0 Å². The smallest absolute Gasteiger partial charge is 0.0414 e. The summed E-state index contributed by atoms with van der Waals surface area (Å²) in [6.07, 6.45) is 2.23. The first-order valence-corrected chi connectivity index (χ1v) is 6.57. The van der Waals surface area contributed by atoms with Crippen molar-refractivity contribution in [3.05, 3.63) is 35.4 Å². The van der Waals surface area contributed by atoms with E-state index in [4.69, 9.17) is 5.73 Å². The highest BCUT2D eigenvalue weighted by Crippen LogP contribution is 2.45. The minimum atomic E-state index is -0.0509. The summed E-state index contributed by atoms with van der Waals surface area (Å²) >= 11 is 0. The van der Waals surface area contributed by atoms with E-state index >= 15 is 0 Å². The van der Waals surface area contributed by atoms with Gasteiger partial charge in [0.15, 0.2) is 0 Å². The van der Waals surface area contributed by atoms with E-state index in [0.717, 1.165) is 12.8 Å². The van der Waals surface area contributed by atoms with Gasteiger partial charge >= 0.3 is 0 Å². The summed E-state index contributed by atoms with van der Waals surface area (Å²) in [7, 11) is 1.99. The lowest BCUT2D eigenvalue weighted by Gasteiger charge is -2.29. The van der Waals surface area contributed by atoms with Gasteiger partial charge in [-0.15, -0.1) is 0 Å². The van der Waals surface area contributed by atoms with Crippen LogP contribution >= 0.6 is 0 Å². The first-order valence-electron chi connectivity index (χ1n) is 6.57. The second-order valence-electron chi connectivity index (χ2n) is 5.08. The Hall–Kier alpha value is -0.860. The Balaban J connectivity index is 0.000000686. The second kappa shape index (κ2) is 5.19. The molecule has 0 aromatic heterocycles. The molecule has 1 aromatic rings. The highest BCUT2D eigenvalue weighted by Gasteiger charge is 2.42. The van der Waals surface area contributed by atoms with E-state index in [9.17, 15) is 0 Å². The molecule has 17 heavy (non-hydrogen) atoms. The molecular weight excluding hydrogens is 208 g/mol. The molecular formula is C15H26N2. The number of hydrogen-bond donors (Lipinski definition) is 2. The molecule has 0 atom stereocenters. The van der Waals surface area contributed by atoms with Gasteiger partial charge < -0.3 is 11.1 Å². The van der Waals surface area contributed by atoms with E-state index in [1.165, 1.54) is 11.1 Å². The van der Waals surface area contributed by atoms with Crippen LogP contribution in [0.5, 0.6) is 0 Å². The fraction of sp³-hybridized carbons (Fsp3) is 0.600. The van der Waals surface area contributed by atoms with Crippen molar-refractivity contribution in [1.82, 2.24) is 5.32 Å². The van der Waals surface area contributed by atoms with Crippen molar-refractivity contribution in [2.45, 2.75) is 51.6 Å². The van der Waals surface area contributed by atoms with Crippen LogP contribution < -0.4 is 11.1 Å². The van der Waals surface area contributed by atoms with Crippen molar-refractivity contribution in [2.75, 3.05) is 7.05 Å². The molecule has 1 aliphatic rings. The maximum Gasteiger partial charge on any atom is 0.0414 e. The highest BCUT2D eigenvalue weighted by molar-refractivity contribution is 5.40. The molecule has 2 rings (SSSR count). The normalized spacial score (nSPS) is 17.1. The quantitative estimate of drug-likeness (QED) is 0.843. The highest BCUT2D eigenvalue weighted by atomic mass is 14.9. The number of rotatable bonds is 3. The van der Waals surface area contributed by atoms with E-state index in [0.29, 0.717) is 0 Å². The van der Waals surface area contributed by atoms with Gasteiger partial charge in [-0.2, -0.15) is 0 Å². The lowest BCUT2D eigenvalue weighted by molar-refractivity contribution is 0.436. The standard InChI is InChI=1S/C13H20N2.C2H6/c1-12(2,15-3)10-6-4-5-7-11(10)13(14)8-9-13;1-2/h4-7,15H,8-9,14H2,1-3H3;1-2H3. The fourth-order valence-electron chi connectivity index (χ4n) is 2.00. The molecule has 3 N–H and O–H groups in total. The summed E-state index contributed by atoms with van der Waals surface area (Å²) in [6.45, 7) is 8.38. The van der Waals surface area contributed by atoms with Gasteiger partial charge in [-0.25, -0.2) is 0 Å². The van der Waals surface area contributed by atoms with Gasteiger partial charge in [0.2, 0.25) is 0 Å². The fourth-order valence-corrected chi connectivity index (χ4v) is 2.00. The lowest BCUT2D eigenvalue weighted by Crippen LogP contribution is -2.36. The Kier molecular flexibility index (Phi) is 4.34. The van der Waals surface area contributed by atoms with Gasteiger partial charge in [0.05, 0.1) is 0 Å². The van der Waals surface area contributed by atoms with Gasteiger partial charge in [0.25, 0.3) is 0 Å². The summed E-state index contributed by atoms with van der Waals surface area (Å²) in [5, 5.41) is 3.34. The number of benzene rings is 1. The van der Waals surface area contributed by atoms with E-state index in [1.54, 1.807) is 0 Å². The third kappa shape index (κ3) is 2.88. The van der Waals surface area contributed by atoms with E-state index < -0.39 is 0 Å². The monoisotopic (exact) mass is 234 g/mol. The number of nitrogens with one attached hydrogen (secondary N) is 1. The molecule has 0 spiro atoms. The SMILES string of the molecule is CC.CNC(C)(C)c1ccccc1C1(N)CC1. The van der Waals surface area contributed by atoms with Gasteiger partial charge in [0, 0.05) is 11.1 Å². The van der Waals surface area contributed by atoms with Crippen molar-refractivity contribution in [2.24, 2.45) is 5.73 Å². The average molecular weight is 234 g/mol. The Morgan fingerprint density at radius 2 is 1.71 bits per heavy atom. The molecule has 0 unspecified atom stereocenters. The van der Waals surface area contributed by atoms with E-state index in [1.807, 2.05) is 20.9 Å². The predicted molar refractivity (Wildman–Crippen MR) is 75.0 cm³/mol. The second-order valence-corrected chi connectivity index (χ2v) is 5.08. The van der Waals surface area contributed by atoms with Crippen LogP contribution in [-0.4, -0.2) is 7.05 Å². The van der Waals surface area contributed by atoms with Crippen LogP contribution in [0.4, 0.5) is 0 Å². The number of hydrogen-bond acceptors (Lipinski definition) is 2. The summed E-state index contributed by atoms with van der Waals surface area (Å²) in [5.74, 6) is 0. The summed E-state index contributed by atoms with van der Waals surface area (Å²) in [4.78, 5) is 0. The van der Waals surface area contributed by atoms with Crippen LogP contribution in [0.25, 0.3) is 0 Å². The molecule has 2 heteroatoms. The molecule has 0 saturated heterocycles. The number of nitrogens with two attached hydrogens (primary N) is 1. The van der Waals surface area contributed by atoms with E-state index in [-0.39, 0.29) is 11.1 Å². The van der Waals surface area contributed by atoms with Gasteiger partial charge in [-0.3, -0.25) is 0 Å². The Morgan fingerprint density at radius 1 is 1.18 bits per heavy atom. The predicted octanol–water partition coefficient (Wildman–Crippen LogP) is 3.12. The molecule has 0 heterocycles. The molecule has 1 aromatic carbocycles. The third-order valence-electron chi connectivity index (χ3n) is 3.55. The van der Waals surface area contributed by atoms with Gasteiger partial charge in [-0.05, 0) is 44.9 Å². The average Bonchev–Trinajstić information content (AvgIpc) is 3.11. The van der Waals surface area contributed by atoms with Crippen LogP contribution in [0, 0.1) is 0 Å². The first kappa shape index (κ1) is 14.2. The van der Waals surface area contributed by atoms with Gasteiger partial charge in [-0.1, -0.05) is 38.1 Å². The molecule has 0 amide bonds. The molecule has 2 nitrogen and oxygen atoms in total. The van der Waals surface area contributed by atoms with Crippen LogP contribution in [0.2, 0.25) is 0 Å². The minimum Gasteiger partial charge on any atom is -0.321 e. The van der Waals surface area contributed by atoms with Crippen LogP contribution in [0.15, 0.2) is 24.3 Å². The van der Waals surface area contributed by atoms with Crippen molar-refractivity contribution in [3.8, 4) is 0 Å². The minimum absolute atomic E-state index is 0.00838. The zero-order chi connectivity index (χ0) is 13.1. The summed E-state index contributed by atoms with van der Waals surface area (Å²) < 4.78 is 0. The van der Waals surface area contributed by atoms with Crippen molar-refractivity contribution in [1.29, 1.82) is 0 Å². The Labute approximate surface area is 106 Å². The molecule has 1 saturated carbocycles. The molecule has 96 valence electrons. The zero-order valence-corrected chi connectivity index (χ0v) is 11.8. The topological polar surface area (TPSA) is 38.0 Å². The maximum atomic E-state index is 6.29. The van der Waals surface area contributed by atoms with Crippen molar-refractivity contribution < 1.29 is 0 Å². The molecule has 0 radical (unpaired) electrons. The maximum absolute atomic E-state index is 6.29. The van der Waals surface area contributed by atoms with E-state index in [2.05, 4.69) is 43.4 Å². The Morgan fingerprint density at radius 3 is 2.18 bits per heavy atom. The molecule has 0 bridgehead atoms. The van der Waals surface area contributed by atoms with Crippen LogP contribution in [-0.2, 0) is 11.1 Å². The Bertz CT molecular complexity index is 365. The summed E-state index contributed by atoms with van der Waals surface area (Å²) in [5.41, 5.74) is 8.87. The lowest BCUT2D eigenvalue weighted by atomic mass is 9.86.